The first kappa shape index (κ1) is 24.2. The smallest absolute Gasteiger partial charge is 0.253 e. The Morgan fingerprint density at radius 2 is 1.97 bits per heavy atom. The van der Waals surface area contributed by atoms with Gasteiger partial charge in [-0.25, -0.2) is 0 Å². The molecular weight excluding hydrogens is 470 g/mol. The van der Waals surface area contributed by atoms with Crippen LogP contribution in [0.5, 0.6) is 0 Å². The van der Waals surface area contributed by atoms with Gasteiger partial charge in [0.15, 0.2) is 0 Å². The largest absolute Gasteiger partial charge is 0.361 e. The molecule has 3 amide bonds. The van der Waals surface area contributed by atoms with Gasteiger partial charge in [-0.05, 0) is 58.6 Å². The zero-order chi connectivity index (χ0) is 25.7. The van der Waals surface area contributed by atoms with Crippen LogP contribution in [0.25, 0.3) is 0 Å². The summed E-state index contributed by atoms with van der Waals surface area (Å²) in [6.07, 6.45) is 4.38. The van der Waals surface area contributed by atoms with Gasteiger partial charge in [-0.15, -0.1) is 0 Å². The normalized spacial score (nSPS) is 27.8. The van der Waals surface area contributed by atoms with E-state index >= 15 is 0 Å². The second-order valence-corrected chi connectivity index (χ2v) is 10.8. The van der Waals surface area contributed by atoms with Crippen LogP contribution in [-0.2, 0) is 26.3 Å². The molecule has 0 unspecified atom stereocenters. The van der Waals surface area contributed by atoms with E-state index in [1.54, 1.807) is 0 Å². The fourth-order valence-corrected chi connectivity index (χ4v) is 7.22. The lowest BCUT2D eigenvalue weighted by Gasteiger charge is -2.38. The molecule has 2 aromatic rings. The van der Waals surface area contributed by atoms with E-state index in [0.717, 1.165) is 47.7 Å². The number of carbonyl (C=O) groups is 3. The Balaban J connectivity index is 1.30. The van der Waals surface area contributed by atoms with Gasteiger partial charge in [0, 0.05) is 55.5 Å². The van der Waals surface area contributed by atoms with Crippen molar-refractivity contribution < 1.29 is 18.9 Å². The topological polar surface area (TPSA) is 99.0 Å². The molecule has 196 valence electrons. The van der Waals surface area contributed by atoms with E-state index in [4.69, 9.17) is 4.52 Å². The van der Waals surface area contributed by atoms with Gasteiger partial charge in [0.25, 0.3) is 5.91 Å². The van der Waals surface area contributed by atoms with Gasteiger partial charge in [0.1, 0.15) is 11.3 Å². The van der Waals surface area contributed by atoms with Crippen molar-refractivity contribution in [1.82, 2.24) is 20.3 Å². The second-order valence-electron chi connectivity index (χ2n) is 10.8. The zero-order valence-electron chi connectivity index (χ0n) is 21.7. The molecule has 1 N–H and O–H groups in total. The number of benzene rings is 1. The highest BCUT2D eigenvalue weighted by Crippen LogP contribution is 2.57. The molecule has 9 heteroatoms. The van der Waals surface area contributed by atoms with Crippen LogP contribution in [-0.4, -0.2) is 71.4 Å². The maximum atomic E-state index is 14.4. The van der Waals surface area contributed by atoms with Crippen molar-refractivity contribution in [1.29, 1.82) is 0 Å². The van der Waals surface area contributed by atoms with Crippen LogP contribution in [0.15, 0.2) is 28.8 Å². The number of carbonyl (C=O) groups excluding carboxylic acids is 3. The van der Waals surface area contributed by atoms with Gasteiger partial charge in [0.05, 0.1) is 11.6 Å². The van der Waals surface area contributed by atoms with Gasteiger partial charge in [-0.3, -0.25) is 19.3 Å². The van der Waals surface area contributed by atoms with E-state index < -0.39 is 11.5 Å². The van der Waals surface area contributed by atoms with Crippen molar-refractivity contribution in [2.24, 2.45) is 5.92 Å². The molecule has 2 bridgehead atoms. The molecule has 5 heterocycles. The summed E-state index contributed by atoms with van der Waals surface area (Å²) in [4.78, 5) is 47.3. The number of amides is 3. The fourth-order valence-electron chi connectivity index (χ4n) is 7.22. The number of aryl methyl sites for hydroxylation is 2. The van der Waals surface area contributed by atoms with E-state index in [1.165, 1.54) is 0 Å². The summed E-state index contributed by atoms with van der Waals surface area (Å²) >= 11 is 0. The van der Waals surface area contributed by atoms with Crippen molar-refractivity contribution in [2.75, 3.05) is 37.6 Å². The summed E-state index contributed by atoms with van der Waals surface area (Å²) in [5.41, 5.74) is 2.67. The van der Waals surface area contributed by atoms with Crippen molar-refractivity contribution in [2.45, 2.75) is 64.0 Å². The van der Waals surface area contributed by atoms with Crippen molar-refractivity contribution in [3.8, 4) is 0 Å². The molecule has 4 aliphatic rings. The minimum absolute atomic E-state index is 0.0121. The van der Waals surface area contributed by atoms with E-state index in [-0.39, 0.29) is 23.8 Å². The van der Waals surface area contributed by atoms with Crippen molar-refractivity contribution in [3.05, 3.63) is 46.8 Å². The average Bonchev–Trinajstić information content (AvgIpc) is 3.62. The molecule has 1 spiro atoms. The molecule has 0 radical (unpaired) electrons. The molecular formula is C28H35N5O4. The maximum absolute atomic E-state index is 14.4. The number of nitrogens with zero attached hydrogens (tertiary/aromatic N) is 4. The number of aromatic nitrogens is 1. The van der Waals surface area contributed by atoms with E-state index in [2.05, 4.69) is 15.4 Å². The number of hydrogen-bond donors (Lipinski definition) is 1. The van der Waals surface area contributed by atoms with Crippen LogP contribution in [0.2, 0.25) is 0 Å². The minimum atomic E-state index is -0.945. The van der Waals surface area contributed by atoms with E-state index in [1.807, 2.05) is 47.9 Å². The lowest BCUT2D eigenvalue weighted by atomic mass is 9.78. The highest BCUT2D eigenvalue weighted by Gasteiger charge is 2.67. The maximum Gasteiger partial charge on any atom is 0.253 e. The van der Waals surface area contributed by atoms with Crippen molar-refractivity contribution in [3.63, 3.8) is 0 Å². The Labute approximate surface area is 217 Å². The number of rotatable bonds is 3. The average molecular weight is 506 g/mol. The number of para-hydroxylation sites is 1. The van der Waals surface area contributed by atoms with Crippen LogP contribution < -0.4 is 10.2 Å². The SMILES string of the molecule is Cc1noc(C)c1CCC(=O)N1CCCNC(=O)[C@H]2C[C@@H]3CCCN3[C@@]23C(=O)N(CC1)c1ccccc13. The third kappa shape index (κ3) is 3.69. The molecule has 6 rings (SSSR count). The second kappa shape index (κ2) is 9.28. The summed E-state index contributed by atoms with van der Waals surface area (Å²) in [6, 6.07) is 8.19. The molecule has 3 saturated heterocycles. The predicted octanol–water partition coefficient (Wildman–Crippen LogP) is 2.30. The number of anilines is 1. The molecule has 1 aromatic heterocycles. The Morgan fingerprint density at radius 1 is 1.14 bits per heavy atom. The number of nitrogens with one attached hydrogen (secondary N) is 1. The Morgan fingerprint density at radius 3 is 2.78 bits per heavy atom. The first-order valence-electron chi connectivity index (χ1n) is 13.6. The van der Waals surface area contributed by atoms with Gasteiger partial charge < -0.3 is 19.6 Å². The zero-order valence-corrected chi connectivity index (χ0v) is 21.7. The summed E-state index contributed by atoms with van der Waals surface area (Å²) in [5, 5.41) is 7.12. The number of hydrogen-bond acceptors (Lipinski definition) is 6. The molecule has 4 aliphatic heterocycles. The fraction of sp³-hybridized carbons (Fsp3) is 0.571. The highest BCUT2D eigenvalue weighted by atomic mass is 16.5. The predicted molar refractivity (Wildman–Crippen MR) is 137 cm³/mol. The highest BCUT2D eigenvalue weighted by molar-refractivity contribution is 6.11. The Bertz CT molecular complexity index is 1220. The van der Waals surface area contributed by atoms with Crippen molar-refractivity contribution >= 4 is 23.4 Å². The molecule has 1 aromatic carbocycles. The molecule has 0 aliphatic carbocycles. The molecule has 0 saturated carbocycles. The first-order chi connectivity index (χ1) is 17.9. The van der Waals surface area contributed by atoms with Gasteiger partial charge in [-0.2, -0.15) is 0 Å². The van der Waals surface area contributed by atoms with Crippen LogP contribution >= 0.6 is 0 Å². The van der Waals surface area contributed by atoms with Gasteiger partial charge in [-0.1, -0.05) is 23.4 Å². The minimum Gasteiger partial charge on any atom is -0.361 e. The van der Waals surface area contributed by atoms with Crippen LogP contribution in [0, 0.1) is 19.8 Å². The van der Waals surface area contributed by atoms with Crippen LogP contribution in [0.1, 0.15) is 54.7 Å². The monoisotopic (exact) mass is 505 g/mol. The lowest BCUT2D eigenvalue weighted by molar-refractivity contribution is -0.139. The third-order valence-electron chi connectivity index (χ3n) is 8.96. The standard InChI is InChI=1S/C28H35N5O4/c1-18-21(19(2)37-30-18)10-11-25(34)31-13-6-12-29-26(35)23-17-20-7-5-14-33(20)28(23)22-8-3-4-9-24(22)32(16-15-31)27(28)36/h3-4,8-9,20,23H,5-7,10-17H2,1-2H3,(H,29,35)/t20-,23+,28+/m0/s1. The first-order valence-corrected chi connectivity index (χ1v) is 13.6. The summed E-state index contributed by atoms with van der Waals surface area (Å²) in [5.74, 6) is 0.329. The number of fused-ring (bicyclic) bond motifs is 4. The van der Waals surface area contributed by atoms with Gasteiger partial charge in [0.2, 0.25) is 11.8 Å². The summed E-state index contributed by atoms with van der Waals surface area (Å²) < 4.78 is 5.25. The molecule has 37 heavy (non-hydrogen) atoms. The van der Waals surface area contributed by atoms with E-state index in [9.17, 15) is 14.4 Å². The molecule has 3 fully saturated rings. The third-order valence-corrected chi connectivity index (χ3v) is 8.96. The molecule has 9 nitrogen and oxygen atoms in total. The van der Waals surface area contributed by atoms with E-state index in [0.29, 0.717) is 51.9 Å². The Kier molecular flexibility index (Phi) is 6.06. The Hall–Kier alpha value is -3.20. The van der Waals surface area contributed by atoms with Crippen LogP contribution in [0.3, 0.4) is 0 Å². The van der Waals surface area contributed by atoms with Crippen LogP contribution in [0.4, 0.5) is 5.69 Å². The molecule has 3 atom stereocenters. The lowest BCUT2D eigenvalue weighted by Crippen LogP contribution is -2.57. The summed E-state index contributed by atoms with van der Waals surface area (Å²) in [6.45, 7) is 6.49. The van der Waals surface area contributed by atoms with Gasteiger partial charge >= 0.3 is 0 Å². The quantitative estimate of drug-likeness (QED) is 0.687. The summed E-state index contributed by atoms with van der Waals surface area (Å²) in [7, 11) is 0.